The molecule has 4 heteroatoms. The van der Waals surface area contributed by atoms with Crippen molar-refractivity contribution < 1.29 is 14.6 Å². The van der Waals surface area contributed by atoms with Gasteiger partial charge in [-0.3, -0.25) is 4.79 Å². The van der Waals surface area contributed by atoms with Crippen molar-refractivity contribution in [2.24, 2.45) is 5.41 Å². The Bertz CT molecular complexity index is 613. The van der Waals surface area contributed by atoms with Crippen molar-refractivity contribution in [2.45, 2.75) is 33.7 Å². The van der Waals surface area contributed by atoms with Gasteiger partial charge in [0.2, 0.25) is 0 Å². The topological polar surface area (TPSA) is 51.5 Å². The second-order valence-corrected chi connectivity index (χ2v) is 5.70. The number of carboxylic acid groups (broad SMARTS) is 1. The third-order valence-corrected chi connectivity index (χ3v) is 3.36. The molecule has 0 fully saturated rings. The van der Waals surface area contributed by atoms with E-state index in [1.54, 1.807) is 13.8 Å². The van der Waals surface area contributed by atoms with E-state index in [0.29, 0.717) is 13.2 Å². The summed E-state index contributed by atoms with van der Waals surface area (Å²) in [6.07, 6.45) is 2.91. The van der Waals surface area contributed by atoms with Gasteiger partial charge in [-0.25, -0.2) is 0 Å². The molecule has 20 heavy (non-hydrogen) atoms. The van der Waals surface area contributed by atoms with Crippen LogP contribution in [0.4, 0.5) is 0 Å². The standard InChI is InChI=1S/C16H21NO3/c1-4-9-20-13-5-6-14-12(10-13)7-8-17(14)11-16(2,3)15(18)19/h5-8,10H,4,9,11H2,1-3H3,(H,18,19). The molecule has 1 aromatic carbocycles. The molecule has 0 aliphatic rings. The van der Waals surface area contributed by atoms with Crippen molar-refractivity contribution in [3.63, 3.8) is 0 Å². The van der Waals surface area contributed by atoms with Crippen LogP contribution in [0.2, 0.25) is 0 Å². The fourth-order valence-corrected chi connectivity index (χ4v) is 2.12. The Morgan fingerprint density at radius 3 is 2.75 bits per heavy atom. The summed E-state index contributed by atoms with van der Waals surface area (Å²) in [5, 5.41) is 10.3. The average molecular weight is 275 g/mol. The molecule has 0 aliphatic heterocycles. The summed E-state index contributed by atoms with van der Waals surface area (Å²) >= 11 is 0. The second kappa shape index (κ2) is 5.57. The van der Waals surface area contributed by atoms with Crippen molar-refractivity contribution in [2.75, 3.05) is 6.61 Å². The lowest BCUT2D eigenvalue weighted by molar-refractivity contribution is -0.147. The van der Waals surface area contributed by atoms with Crippen molar-refractivity contribution in [1.82, 2.24) is 4.57 Å². The first-order valence-electron chi connectivity index (χ1n) is 6.89. The fraction of sp³-hybridized carbons (Fsp3) is 0.438. The molecule has 2 rings (SSSR count). The monoisotopic (exact) mass is 275 g/mol. The lowest BCUT2D eigenvalue weighted by Gasteiger charge is -2.20. The number of hydrogen-bond acceptors (Lipinski definition) is 2. The van der Waals surface area contributed by atoms with E-state index in [9.17, 15) is 9.90 Å². The van der Waals surface area contributed by atoms with Crippen molar-refractivity contribution >= 4 is 16.9 Å². The van der Waals surface area contributed by atoms with Crippen LogP contribution in [-0.2, 0) is 11.3 Å². The maximum absolute atomic E-state index is 11.2. The van der Waals surface area contributed by atoms with Gasteiger partial charge in [-0.1, -0.05) is 6.92 Å². The fourth-order valence-electron chi connectivity index (χ4n) is 2.12. The predicted molar refractivity (Wildman–Crippen MR) is 79.1 cm³/mol. The normalized spacial score (nSPS) is 11.8. The summed E-state index contributed by atoms with van der Waals surface area (Å²) < 4.78 is 7.59. The molecule has 0 radical (unpaired) electrons. The third kappa shape index (κ3) is 2.95. The highest BCUT2D eigenvalue weighted by Gasteiger charge is 2.27. The molecule has 0 atom stereocenters. The van der Waals surface area contributed by atoms with Gasteiger partial charge in [-0.05, 0) is 44.5 Å². The Hall–Kier alpha value is -1.97. The maximum atomic E-state index is 11.2. The van der Waals surface area contributed by atoms with E-state index >= 15 is 0 Å². The maximum Gasteiger partial charge on any atom is 0.310 e. The van der Waals surface area contributed by atoms with E-state index in [0.717, 1.165) is 23.1 Å². The van der Waals surface area contributed by atoms with Gasteiger partial charge in [-0.15, -0.1) is 0 Å². The van der Waals surface area contributed by atoms with Gasteiger partial charge in [0.1, 0.15) is 5.75 Å². The van der Waals surface area contributed by atoms with Crippen LogP contribution in [0.25, 0.3) is 10.9 Å². The Morgan fingerprint density at radius 1 is 1.35 bits per heavy atom. The summed E-state index contributed by atoms with van der Waals surface area (Å²) in [7, 11) is 0. The first kappa shape index (κ1) is 14.4. The first-order valence-corrected chi connectivity index (χ1v) is 6.89. The van der Waals surface area contributed by atoms with E-state index in [4.69, 9.17) is 4.74 Å². The molecular weight excluding hydrogens is 254 g/mol. The summed E-state index contributed by atoms with van der Waals surface area (Å²) in [5.41, 5.74) is 0.242. The Morgan fingerprint density at radius 2 is 2.10 bits per heavy atom. The number of hydrogen-bond donors (Lipinski definition) is 1. The third-order valence-electron chi connectivity index (χ3n) is 3.36. The number of nitrogens with zero attached hydrogens (tertiary/aromatic N) is 1. The van der Waals surface area contributed by atoms with Gasteiger partial charge in [0.05, 0.1) is 12.0 Å². The molecule has 2 aromatic rings. The number of rotatable bonds is 6. The van der Waals surface area contributed by atoms with Gasteiger partial charge in [-0.2, -0.15) is 0 Å². The minimum absolute atomic E-state index is 0.445. The van der Waals surface area contributed by atoms with Crippen LogP contribution in [-0.4, -0.2) is 22.2 Å². The molecule has 0 spiro atoms. The van der Waals surface area contributed by atoms with E-state index in [-0.39, 0.29) is 0 Å². The highest BCUT2D eigenvalue weighted by atomic mass is 16.5. The molecule has 108 valence electrons. The number of carbonyl (C=O) groups is 1. The van der Waals surface area contributed by atoms with Crippen LogP contribution in [0.15, 0.2) is 30.5 Å². The average Bonchev–Trinajstić information content (AvgIpc) is 2.78. The molecule has 4 nitrogen and oxygen atoms in total. The van der Waals surface area contributed by atoms with Crippen molar-refractivity contribution in [3.8, 4) is 5.75 Å². The lowest BCUT2D eigenvalue weighted by atomic mass is 9.94. The van der Waals surface area contributed by atoms with Gasteiger partial charge >= 0.3 is 5.97 Å². The molecule has 1 aromatic heterocycles. The van der Waals surface area contributed by atoms with Crippen LogP contribution in [0.5, 0.6) is 5.75 Å². The van der Waals surface area contributed by atoms with Crippen LogP contribution >= 0.6 is 0 Å². The van der Waals surface area contributed by atoms with Crippen LogP contribution in [0.3, 0.4) is 0 Å². The predicted octanol–water partition coefficient (Wildman–Crippen LogP) is 3.54. The van der Waals surface area contributed by atoms with Gasteiger partial charge in [0.15, 0.2) is 0 Å². The van der Waals surface area contributed by atoms with Gasteiger partial charge < -0.3 is 14.4 Å². The van der Waals surface area contributed by atoms with E-state index in [1.807, 2.05) is 35.0 Å². The number of carboxylic acids is 1. The summed E-state index contributed by atoms with van der Waals surface area (Å²) in [6, 6.07) is 7.90. The van der Waals surface area contributed by atoms with Crippen LogP contribution < -0.4 is 4.74 Å². The largest absolute Gasteiger partial charge is 0.494 e. The number of aromatic nitrogens is 1. The number of fused-ring (bicyclic) bond motifs is 1. The molecule has 1 N–H and O–H groups in total. The zero-order valence-electron chi connectivity index (χ0n) is 12.2. The minimum atomic E-state index is -0.790. The highest BCUT2D eigenvalue weighted by molar-refractivity contribution is 5.82. The van der Waals surface area contributed by atoms with E-state index in [2.05, 4.69) is 6.92 Å². The number of ether oxygens (including phenoxy) is 1. The lowest BCUT2D eigenvalue weighted by Crippen LogP contribution is -2.28. The van der Waals surface area contributed by atoms with Crippen molar-refractivity contribution in [1.29, 1.82) is 0 Å². The Labute approximate surface area is 119 Å². The zero-order chi connectivity index (χ0) is 14.8. The Balaban J connectivity index is 2.27. The molecule has 1 heterocycles. The minimum Gasteiger partial charge on any atom is -0.494 e. The summed E-state index contributed by atoms with van der Waals surface area (Å²) in [5.74, 6) is 0.0665. The van der Waals surface area contributed by atoms with Gasteiger partial charge in [0.25, 0.3) is 0 Å². The Kier molecular flexibility index (Phi) is 4.02. The van der Waals surface area contributed by atoms with Crippen LogP contribution in [0, 0.1) is 5.41 Å². The van der Waals surface area contributed by atoms with E-state index < -0.39 is 11.4 Å². The molecule has 0 saturated carbocycles. The molecular formula is C16H21NO3. The summed E-state index contributed by atoms with van der Waals surface area (Å²) in [4.78, 5) is 11.2. The molecule has 0 saturated heterocycles. The molecule has 0 amide bonds. The van der Waals surface area contributed by atoms with Crippen LogP contribution in [0.1, 0.15) is 27.2 Å². The molecule has 0 unspecified atom stereocenters. The van der Waals surface area contributed by atoms with E-state index in [1.165, 1.54) is 0 Å². The summed E-state index contributed by atoms with van der Waals surface area (Å²) in [6.45, 7) is 6.70. The quantitative estimate of drug-likeness (QED) is 0.877. The van der Waals surface area contributed by atoms with Crippen molar-refractivity contribution in [3.05, 3.63) is 30.5 Å². The smallest absolute Gasteiger partial charge is 0.310 e. The number of aliphatic carboxylic acids is 1. The van der Waals surface area contributed by atoms with Gasteiger partial charge in [0, 0.05) is 23.6 Å². The second-order valence-electron chi connectivity index (χ2n) is 5.70. The molecule has 0 aliphatic carbocycles. The molecule has 0 bridgehead atoms. The first-order chi connectivity index (χ1) is 9.44. The zero-order valence-corrected chi connectivity index (χ0v) is 12.2. The number of benzene rings is 1. The highest BCUT2D eigenvalue weighted by Crippen LogP contribution is 2.26. The SMILES string of the molecule is CCCOc1ccc2c(ccn2CC(C)(C)C(=O)O)c1.